The molecule has 0 aliphatic heterocycles. The van der Waals surface area contributed by atoms with E-state index in [4.69, 9.17) is 16.3 Å². The number of carbonyl (C=O) groups excluding carboxylic acids is 1. The van der Waals surface area contributed by atoms with Crippen molar-refractivity contribution >= 4 is 29.1 Å². The number of anilines is 2. The molecule has 0 aliphatic carbocycles. The summed E-state index contributed by atoms with van der Waals surface area (Å²) >= 11 is 5.87. The van der Waals surface area contributed by atoms with E-state index >= 15 is 0 Å². The lowest BCUT2D eigenvalue weighted by Gasteiger charge is -2.07. The lowest BCUT2D eigenvalue weighted by atomic mass is 10.3. The third-order valence-electron chi connectivity index (χ3n) is 2.80. The molecule has 0 bridgehead atoms. The number of aromatic nitrogens is 2. The lowest BCUT2D eigenvalue weighted by molar-refractivity contribution is 0.102. The Morgan fingerprint density at radius 3 is 2.77 bits per heavy atom. The van der Waals surface area contributed by atoms with Crippen LogP contribution >= 0.6 is 11.6 Å². The molecule has 0 spiro atoms. The van der Waals surface area contributed by atoms with E-state index in [1.165, 1.54) is 12.4 Å². The molecule has 2 aromatic rings. The van der Waals surface area contributed by atoms with E-state index < -0.39 is 0 Å². The standard InChI is InChI=1S/C15H17ClN4O2/c1-22-7-3-6-17-15-18-9-11(10-19-15)14(21)20-13-5-2-4-12(16)8-13/h2,4-5,8-10H,3,6-7H2,1H3,(H,20,21)(H,17,18,19). The maximum atomic E-state index is 12.1. The summed E-state index contributed by atoms with van der Waals surface area (Å²) in [6, 6.07) is 6.94. The third-order valence-corrected chi connectivity index (χ3v) is 3.04. The van der Waals surface area contributed by atoms with Crippen molar-refractivity contribution in [2.45, 2.75) is 6.42 Å². The van der Waals surface area contributed by atoms with Gasteiger partial charge in [-0.1, -0.05) is 17.7 Å². The second kappa shape index (κ2) is 8.31. The highest BCUT2D eigenvalue weighted by molar-refractivity contribution is 6.30. The third kappa shape index (κ3) is 4.98. The van der Waals surface area contributed by atoms with Crippen LogP contribution in [0.4, 0.5) is 11.6 Å². The van der Waals surface area contributed by atoms with Gasteiger partial charge in [-0.2, -0.15) is 0 Å². The van der Waals surface area contributed by atoms with Crippen LogP contribution < -0.4 is 10.6 Å². The Hall–Kier alpha value is -2.18. The summed E-state index contributed by atoms with van der Waals surface area (Å²) in [5, 5.41) is 6.35. The Kier molecular flexibility index (Phi) is 6.12. The molecule has 2 N–H and O–H groups in total. The minimum atomic E-state index is -0.284. The van der Waals surface area contributed by atoms with Gasteiger partial charge in [0.2, 0.25) is 5.95 Å². The molecule has 0 saturated heterocycles. The highest BCUT2D eigenvalue weighted by atomic mass is 35.5. The number of carbonyl (C=O) groups is 1. The minimum absolute atomic E-state index is 0.284. The van der Waals surface area contributed by atoms with E-state index in [2.05, 4.69) is 20.6 Å². The predicted molar refractivity (Wildman–Crippen MR) is 86.4 cm³/mol. The van der Waals surface area contributed by atoms with Gasteiger partial charge in [0.1, 0.15) is 0 Å². The van der Waals surface area contributed by atoms with Crippen molar-refractivity contribution in [3.63, 3.8) is 0 Å². The molecule has 0 fully saturated rings. The first kappa shape index (κ1) is 16.2. The van der Waals surface area contributed by atoms with Crippen molar-refractivity contribution in [1.29, 1.82) is 0 Å². The van der Waals surface area contributed by atoms with Gasteiger partial charge >= 0.3 is 0 Å². The van der Waals surface area contributed by atoms with E-state index in [1.807, 2.05) is 0 Å². The molecule has 1 aromatic carbocycles. The molecule has 22 heavy (non-hydrogen) atoms. The lowest BCUT2D eigenvalue weighted by Crippen LogP contribution is -2.14. The van der Waals surface area contributed by atoms with Crippen LogP contribution in [0.5, 0.6) is 0 Å². The van der Waals surface area contributed by atoms with Crippen molar-refractivity contribution < 1.29 is 9.53 Å². The summed E-state index contributed by atoms with van der Waals surface area (Å²) < 4.78 is 4.95. The highest BCUT2D eigenvalue weighted by Crippen LogP contribution is 2.15. The van der Waals surface area contributed by atoms with Crippen LogP contribution in [0, 0.1) is 0 Å². The summed E-state index contributed by atoms with van der Waals surface area (Å²) in [5.74, 6) is 0.198. The molecule has 0 aliphatic rings. The largest absolute Gasteiger partial charge is 0.385 e. The molecular formula is C15H17ClN4O2. The number of amides is 1. The molecule has 7 heteroatoms. The fraction of sp³-hybridized carbons (Fsp3) is 0.267. The molecule has 0 radical (unpaired) electrons. The van der Waals surface area contributed by atoms with Crippen LogP contribution in [0.2, 0.25) is 5.02 Å². The number of nitrogens with one attached hydrogen (secondary N) is 2. The van der Waals surface area contributed by atoms with Crippen LogP contribution in [0.1, 0.15) is 16.8 Å². The maximum absolute atomic E-state index is 12.1. The van der Waals surface area contributed by atoms with Gasteiger partial charge < -0.3 is 15.4 Å². The molecule has 116 valence electrons. The highest BCUT2D eigenvalue weighted by Gasteiger charge is 2.07. The molecular weight excluding hydrogens is 304 g/mol. The average Bonchev–Trinajstić information content (AvgIpc) is 2.52. The van der Waals surface area contributed by atoms with Crippen molar-refractivity contribution in [2.75, 3.05) is 30.9 Å². The number of hydrogen-bond donors (Lipinski definition) is 2. The topological polar surface area (TPSA) is 76.1 Å². The first-order valence-electron chi connectivity index (χ1n) is 6.81. The fourth-order valence-corrected chi connectivity index (χ4v) is 1.91. The van der Waals surface area contributed by atoms with Crippen LogP contribution in [-0.4, -0.2) is 36.1 Å². The van der Waals surface area contributed by atoms with Gasteiger partial charge in [-0.05, 0) is 24.6 Å². The zero-order valence-corrected chi connectivity index (χ0v) is 12.9. The maximum Gasteiger partial charge on any atom is 0.258 e. The van der Waals surface area contributed by atoms with Gasteiger partial charge in [0.15, 0.2) is 0 Å². The summed E-state index contributed by atoms with van der Waals surface area (Å²) in [4.78, 5) is 20.3. The number of nitrogens with zero attached hydrogens (tertiary/aromatic N) is 2. The van der Waals surface area contributed by atoms with E-state index in [9.17, 15) is 4.79 Å². The summed E-state index contributed by atoms with van der Waals surface area (Å²) in [6.07, 6.45) is 3.81. The number of methoxy groups -OCH3 is 1. The van der Waals surface area contributed by atoms with Gasteiger partial charge in [-0.25, -0.2) is 9.97 Å². The number of hydrogen-bond acceptors (Lipinski definition) is 5. The fourth-order valence-electron chi connectivity index (χ4n) is 1.72. The zero-order valence-electron chi connectivity index (χ0n) is 12.2. The van der Waals surface area contributed by atoms with Crippen LogP contribution in [0.25, 0.3) is 0 Å². The average molecular weight is 321 g/mol. The minimum Gasteiger partial charge on any atom is -0.385 e. The van der Waals surface area contributed by atoms with E-state index in [-0.39, 0.29) is 5.91 Å². The van der Waals surface area contributed by atoms with Crippen molar-refractivity contribution in [3.8, 4) is 0 Å². The summed E-state index contributed by atoms with van der Waals surface area (Å²) in [7, 11) is 1.66. The van der Waals surface area contributed by atoms with E-state index in [1.54, 1.807) is 31.4 Å². The smallest absolute Gasteiger partial charge is 0.258 e. The van der Waals surface area contributed by atoms with Crippen molar-refractivity contribution in [2.24, 2.45) is 0 Å². The second-order valence-electron chi connectivity index (χ2n) is 4.53. The first-order chi connectivity index (χ1) is 10.7. The zero-order chi connectivity index (χ0) is 15.8. The van der Waals surface area contributed by atoms with Gasteiger partial charge in [-0.15, -0.1) is 0 Å². The van der Waals surface area contributed by atoms with Crippen molar-refractivity contribution in [1.82, 2.24) is 9.97 Å². The monoisotopic (exact) mass is 320 g/mol. The Morgan fingerprint density at radius 2 is 2.09 bits per heavy atom. The van der Waals surface area contributed by atoms with Crippen LogP contribution in [0.15, 0.2) is 36.7 Å². The second-order valence-corrected chi connectivity index (χ2v) is 4.97. The number of benzene rings is 1. The molecule has 0 atom stereocenters. The van der Waals surface area contributed by atoms with Crippen LogP contribution in [0.3, 0.4) is 0 Å². The van der Waals surface area contributed by atoms with E-state index in [0.29, 0.717) is 35.4 Å². The quantitative estimate of drug-likeness (QED) is 0.767. The predicted octanol–water partition coefficient (Wildman–Crippen LogP) is 2.83. The number of halogens is 1. The van der Waals surface area contributed by atoms with Crippen molar-refractivity contribution in [3.05, 3.63) is 47.2 Å². The van der Waals surface area contributed by atoms with E-state index in [0.717, 1.165) is 6.42 Å². The Labute approximate surface area is 133 Å². The molecule has 1 amide bonds. The Bertz CT molecular complexity index is 619. The summed E-state index contributed by atoms with van der Waals surface area (Å²) in [6.45, 7) is 1.38. The molecule has 2 rings (SSSR count). The normalized spacial score (nSPS) is 10.3. The molecule has 0 saturated carbocycles. The Morgan fingerprint density at radius 1 is 1.32 bits per heavy atom. The van der Waals surface area contributed by atoms with Gasteiger partial charge in [0.25, 0.3) is 5.91 Å². The van der Waals surface area contributed by atoms with Crippen LogP contribution in [-0.2, 0) is 4.74 Å². The SMILES string of the molecule is COCCCNc1ncc(C(=O)Nc2cccc(Cl)c2)cn1. The molecule has 1 heterocycles. The molecule has 1 aromatic heterocycles. The molecule has 0 unspecified atom stereocenters. The van der Waals surface area contributed by atoms with Gasteiger partial charge in [0.05, 0.1) is 5.56 Å². The number of rotatable bonds is 7. The van der Waals surface area contributed by atoms with Gasteiger partial charge in [0, 0.05) is 43.4 Å². The first-order valence-corrected chi connectivity index (χ1v) is 7.18. The Balaban J connectivity index is 1.90. The van der Waals surface area contributed by atoms with Gasteiger partial charge in [-0.3, -0.25) is 4.79 Å². The number of ether oxygens (including phenoxy) is 1. The molecule has 6 nitrogen and oxygen atoms in total. The summed E-state index contributed by atoms with van der Waals surface area (Å²) in [5.41, 5.74) is 1.00.